The fourth-order valence-corrected chi connectivity index (χ4v) is 3.72. The van der Waals surface area contributed by atoms with Gasteiger partial charge in [0.25, 0.3) is 0 Å². The molecule has 1 aliphatic rings. The van der Waals surface area contributed by atoms with Crippen LogP contribution in [0.25, 0.3) is 0 Å². The maximum atomic E-state index is 6.15. The van der Waals surface area contributed by atoms with Crippen molar-refractivity contribution in [2.45, 2.75) is 26.9 Å². The van der Waals surface area contributed by atoms with Crippen molar-refractivity contribution in [1.82, 2.24) is 9.80 Å². The lowest BCUT2D eigenvalue weighted by Crippen LogP contribution is -2.46. The van der Waals surface area contributed by atoms with E-state index in [-0.39, 0.29) is 0 Å². The molecular weight excluding hydrogens is 346 g/mol. The first kappa shape index (κ1) is 20.2. The molecule has 1 aliphatic heterocycles. The number of piperazine rings is 1. The molecule has 0 spiro atoms. The topological polar surface area (TPSA) is 48.1 Å². The van der Waals surface area contributed by atoms with Gasteiger partial charge in [0.15, 0.2) is 5.96 Å². The summed E-state index contributed by atoms with van der Waals surface area (Å²) in [4.78, 5) is 11.7. The molecule has 0 amide bonds. The van der Waals surface area contributed by atoms with E-state index in [9.17, 15) is 0 Å². The molecule has 0 bridgehead atoms. The predicted molar refractivity (Wildman–Crippen MR) is 119 cm³/mol. The molecule has 0 saturated carbocycles. The summed E-state index contributed by atoms with van der Waals surface area (Å²) in [6, 6.07) is 19.3. The van der Waals surface area contributed by atoms with Crippen molar-refractivity contribution in [3.8, 4) is 0 Å². The van der Waals surface area contributed by atoms with Gasteiger partial charge in [-0.05, 0) is 37.1 Å². The average Bonchev–Trinajstić information content (AvgIpc) is 2.75. The van der Waals surface area contributed by atoms with Gasteiger partial charge in [0.05, 0.1) is 6.54 Å². The SMILES string of the molecule is CCN(CC)C(N)=NCc1ccccc1CN1CCN(c2ccccc2)CC1. The number of anilines is 1. The largest absolute Gasteiger partial charge is 0.370 e. The second-order valence-corrected chi connectivity index (χ2v) is 7.21. The number of nitrogens with zero attached hydrogens (tertiary/aromatic N) is 4. The van der Waals surface area contributed by atoms with Crippen LogP contribution in [0.5, 0.6) is 0 Å². The molecule has 1 heterocycles. The van der Waals surface area contributed by atoms with Gasteiger partial charge in [-0.2, -0.15) is 0 Å². The Morgan fingerprint density at radius 2 is 1.50 bits per heavy atom. The first-order valence-corrected chi connectivity index (χ1v) is 10.3. The Labute approximate surface area is 169 Å². The van der Waals surface area contributed by atoms with E-state index in [1.54, 1.807) is 0 Å². The van der Waals surface area contributed by atoms with Crippen molar-refractivity contribution < 1.29 is 0 Å². The van der Waals surface area contributed by atoms with Gasteiger partial charge in [-0.1, -0.05) is 42.5 Å². The zero-order valence-electron chi connectivity index (χ0n) is 17.2. The van der Waals surface area contributed by atoms with Gasteiger partial charge in [0.1, 0.15) is 0 Å². The summed E-state index contributed by atoms with van der Waals surface area (Å²) in [6.45, 7) is 11.9. The minimum absolute atomic E-state index is 0.635. The Hall–Kier alpha value is -2.53. The van der Waals surface area contributed by atoms with Crippen molar-refractivity contribution in [2.24, 2.45) is 10.7 Å². The second kappa shape index (κ2) is 10.1. The Morgan fingerprint density at radius 3 is 2.14 bits per heavy atom. The Morgan fingerprint density at radius 1 is 0.893 bits per heavy atom. The van der Waals surface area contributed by atoms with Crippen molar-refractivity contribution in [1.29, 1.82) is 0 Å². The molecule has 1 fully saturated rings. The van der Waals surface area contributed by atoms with E-state index >= 15 is 0 Å². The van der Waals surface area contributed by atoms with E-state index in [1.807, 2.05) is 0 Å². The average molecular weight is 380 g/mol. The summed E-state index contributed by atoms with van der Waals surface area (Å²) in [5, 5.41) is 0. The van der Waals surface area contributed by atoms with Crippen molar-refractivity contribution >= 4 is 11.6 Å². The van der Waals surface area contributed by atoms with Crippen molar-refractivity contribution in [3.05, 3.63) is 65.7 Å². The lowest BCUT2D eigenvalue weighted by Gasteiger charge is -2.36. The number of nitrogens with two attached hydrogens (primary N) is 1. The molecule has 2 aromatic rings. The molecule has 0 aliphatic carbocycles. The normalized spacial score (nSPS) is 15.6. The molecular formula is C23H33N5. The Balaban J connectivity index is 1.59. The first-order valence-electron chi connectivity index (χ1n) is 10.3. The van der Waals surface area contributed by atoms with Gasteiger partial charge in [-0.15, -0.1) is 0 Å². The third kappa shape index (κ3) is 5.26. The van der Waals surface area contributed by atoms with Crippen LogP contribution in [0.2, 0.25) is 0 Å². The minimum Gasteiger partial charge on any atom is -0.370 e. The highest BCUT2D eigenvalue weighted by Gasteiger charge is 2.18. The van der Waals surface area contributed by atoms with Crippen LogP contribution in [-0.2, 0) is 13.1 Å². The zero-order valence-corrected chi connectivity index (χ0v) is 17.2. The lowest BCUT2D eigenvalue weighted by molar-refractivity contribution is 0.249. The number of guanidine groups is 1. The number of para-hydroxylation sites is 1. The highest BCUT2D eigenvalue weighted by molar-refractivity contribution is 5.78. The molecule has 0 radical (unpaired) electrons. The Bertz CT molecular complexity index is 747. The van der Waals surface area contributed by atoms with Gasteiger partial charge in [-0.25, -0.2) is 4.99 Å². The molecule has 0 unspecified atom stereocenters. The van der Waals surface area contributed by atoms with E-state index in [4.69, 9.17) is 5.73 Å². The smallest absolute Gasteiger partial charge is 0.191 e. The molecule has 0 aromatic heterocycles. The minimum atomic E-state index is 0.635. The van der Waals surface area contributed by atoms with Crippen LogP contribution in [0, 0.1) is 0 Å². The number of hydrogen-bond donors (Lipinski definition) is 1. The molecule has 28 heavy (non-hydrogen) atoms. The van der Waals surface area contributed by atoms with Gasteiger partial charge < -0.3 is 15.5 Å². The maximum Gasteiger partial charge on any atom is 0.191 e. The second-order valence-electron chi connectivity index (χ2n) is 7.21. The zero-order chi connectivity index (χ0) is 19.8. The van der Waals surface area contributed by atoms with Crippen LogP contribution in [-0.4, -0.2) is 55.0 Å². The lowest BCUT2D eigenvalue weighted by atomic mass is 10.1. The van der Waals surface area contributed by atoms with Gasteiger partial charge >= 0.3 is 0 Å². The molecule has 1 saturated heterocycles. The summed E-state index contributed by atoms with van der Waals surface area (Å²) in [5.74, 6) is 0.635. The fraction of sp³-hybridized carbons (Fsp3) is 0.435. The van der Waals surface area contributed by atoms with Crippen LogP contribution >= 0.6 is 0 Å². The number of hydrogen-bond acceptors (Lipinski definition) is 3. The van der Waals surface area contributed by atoms with Gasteiger partial charge in [-0.3, -0.25) is 4.90 Å². The highest BCUT2D eigenvalue weighted by Crippen LogP contribution is 2.18. The van der Waals surface area contributed by atoms with E-state index < -0.39 is 0 Å². The van der Waals surface area contributed by atoms with Gasteiger partial charge in [0, 0.05) is 51.5 Å². The van der Waals surface area contributed by atoms with Crippen LogP contribution in [0.3, 0.4) is 0 Å². The molecule has 5 heteroatoms. The van der Waals surface area contributed by atoms with Crippen LogP contribution in [0.4, 0.5) is 5.69 Å². The van der Waals surface area contributed by atoms with E-state index in [1.165, 1.54) is 16.8 Å². The molecule has 2 aromatic carbocycles. The Kier molecular flexibility index (Phi) is 7.31. The molecule has 0 atom stereocenters. The van der Waals surface area contributed by atoms with E-state index in [0.717, 1.165) is 45.8 Å². The molecule has 5 nitrogen and oxygen atoms in total. The maximum absolute atomic E-state index is 6.15. The summed E-state index contributed by atoms with van der Waals surface area (Å²) < 4.78 is 0. The predicted octanol–water partition coefficient (Wildman–Crippen LogP) is 3.17. The molecule has 2 N–H and O–H groups in total. The monoisotopic (exact) mass is 379 g/mol. The number of rotatable bonds is 7. The molecule has 150 valence electrons. The summed E-state index contributed by atoms with van der Waals surface area (Å²) in [6.07, 6.45) is 0. The standard InChI is InChI=1S/C23H33N5/c1-3-27(4-2)23(24)25-18-20-10-8-9-11-21(20)19-26-14-16-28(17-15-26)22-12-6-5-7-13-22/h5-13H,3-4,14-19H2,1-2H3,(H2,24,25). The van der Waals surface area contributed by atoms with Gasteiger partial charge in [0.2, 0.25) is 0 Å². The van der Waals surface area contributed by atoms with E-state index in [2.05, 4.69) is 88.1 Å². The van der Waals surface area contributed by atoms with Crippen LogP contribution in [0.1, 0.15) is 25.0 Å². The quantitative estimate of drug-likeness (QED) is 0.593. The van der Waals surface area contributed by atoms with E-state index in [0.29, 0.717) is 12.5 Å². The van der Waals surface area contributed by atoms with Crippen LogP contribution in [0.15, 0.2) is 59.6 Å². The third-order valence-electron chi connectivity index (χ3n) is 5.50. The number of benzene rings is 2. The first-order chi connectivity index (χ1) is 13.7. The highest BCUT2D eigenvalue weighted by atomic mass is 15.3. The summed E-state index contributed by atoms with van der Waals surface area (Å²) >= 11 is 0. The summed E-state index contributed by atoms with van der Waals surface area (Å²) in [5.41, 5.74) is 10.1. The van der Waals surface area contributed by atoms with Crippen molar-refractivity contribution in [3.63, 3.8) is 0 Å². The fourth-order valence-electron chi connectivity index (χ4n) is 3.72. The molecule has 3 rings (SSSR count). The van der Waals surface area contributed by atoms with Crippen LogP contribution < -0.4 is 10.6 Å². The van der Waals surface area contributed by atoms with Crippen molar-refractivity contribution in [2.75, 3.05) is 44.2 Å². The third-order valence-corrected chi connectivity index (χ3v) is 5.50. The number of aliphatic imine (C=N–C) groups is 1. The summed E-state index contributed by atoms with van der Waals surface area (Å²) in [7, 11) is 0.